The third-order valence-electron chi connectivity index (χ3n) is 8.88. The van der Waals surface area contributed by atoms with Crippen LogP contribution in [-0.4, -0.2) is 15.2 Å². The summed E-state index contributed by atoms with van der Waals surface area (Å²) in [6.07, 6.45) is 9.94. The highest BCUT2D eigenvalue weighted by molar-refractivity contribution is 6.58. The number of rotatable bonds is 10. The molecule has 2 aromatic carbocycles. The van der Waals surface area contributed by atoms with E-state index in [4.69, 9.17) is 0 Å². The van der Waals surface area contributed by atoms with Crippen LogP contribution in [-0.2, 0) is 0 Å². The van der Waals surface area contributed by atoms with Crippen LogP contribution in [0.2, 0.25) is 18.1 Å². The van der Waals surface area contributed by atoms with Gasteiger partial charge in [-0.1, -0.05) is 94.3 Å². The summed E-state index contributed by atoms with van der Waals surface area (Å²) in [4.78, 5) is 0. The summed E-state index contributed by atoms with van der Waals surface area (Å²) in [6, 6.07) is 15.5. The third kappa shape index (κ3) is 8.59. The number of ether oxygens (including phenoxy) is 1. The van der Waals surface area contributed by atoms with Crippen molar-refractivity contribution in [3.63, 3.8) is 0 Å². The fraction of sp³-hybridized carbons (Fsp3) is 0.613. The number of unbranched alkanes of at least 4 members (excludes halogenated alkanes) is 2. The minimum Gasteiger partial charge on any atom is -0.406 e. The molecule has 1 heterocycles. The largest absolute Gasteiger partial charge is 0.573 e. The topological polar surface area (TPSA) is 9.23 Å². The SMILES string of the molecule is CCCCC[Si@H]1CC[C@H](CC[C@H]2CC[C@H](c3ccc(-c4ccc(OC(F)(F)F)cc4)c(F)c3)CC2)CC1. The van der Waals surface area contributed by atoms with E-state index in [-0.39, 0.29) is 11.6 Å². The van der Waals surface area contributed by atoms with Gasteiger partial charge < -0.3 is 4.74 Å². The van der Waals surface area contributed by atoms with Crippen LogP contribution in [0.15, 0.2) is 42.5 Å². The van der Waals surface area contributed by atoms with E-state index in [1.54, 1.807) is 30.3 Å². The Morgan fingerprint density at radius 1 is 0.838 bits per heavy atom. The highest BCUT2D eigenvalue weighted by Gasteiger charge is 2.31. The number of halogens is 4. The van der Waals surface area contributed by atoms with Crippen LogP contribution in [0.25, 0.3) is 11.1 Å². The van der Waals surface area contributed by atoms with Crippen molar-refractivity contribution in [2.24, 2.45) is 11.8 Å². The zero-order valence-electron chi connectivity index (χ0n) is 22.2. The van der Waals surface area contributed by atoms with Crippen molar-refractivity contribution in [1.29, 1.82) is 0 Å². The molecule has 1 aliphatic carbocycles. The molecule has 0 atom stereocenters. The molecule has 0 N–H and O–H groups in total. The fourth-order valence-electron chi connectivity index (χ4n) is 6.60. The van der Waals surface area contributed by atoms with E-state index in [0.29, 0.717) is 17.0 Å². The van der Waals surface area contributed by atoms with Gasteiger partial charge in [-0.05, 0) is 72.8 Å². The van der Waals surface area contributed by atoms with Gasteiger partial charge in [-0.25, -0.2) is 4.39 Å². The summed E-state index contributed by atoms with van der Waals surface area (Å²) in [5.74, 6) is 1.55. The van der Waals surface area contributed by atoms with Crippen LogP contribution in [0, 0.1) is 17.7 Å². The molecule has 2 aromatic rings. The second-order valence-electron chi connectivity index (χ2n) is 11.5. The summed E-state index contributed by atoms with van der Waals surface area (Å²) in [5, 5.41) is 0. The lowest BCUT2D eigenvalue weighted by Crippen LogP contribution is -2.22. The summed E-state index contributed by atoms with van der Waals surface area (Å²) in [7, 11) is -0.414. The van der Waals surface area contributed by atoms with E-state index >= 15 is 0 Å². The van der Waals surface area contributed by atoms with E-state index < -0.39 is 15.2 Å². The van der Waals surface area contributed by atoms with Crippen molar-refractivity contribution in [2.45, 2.75) is 108 Å². The lowest BCUT2D eigenvalue weighted by Gasteiger charge is -2.32. The maximum atomic E-state index is 15.0. The Balaban J connectivity index is 1.21. The van der Waals surface area contributed by atoms with E-state index in [1.165, 1.54) is 82.1 Å². The Hall–Kier alpha value is -1.82. The number of benzene rings is 2. The molecule has 1 saturated carbocycles. The zero-order chi connectivity index (χ0) is 26.3. The molecule has 0 radical (unpaired) electrons. The Bertz CT molecular complexity index is 958. The molecule has 1 aliphatic heterocycles. The second-order valence-corrected chi connectivity index (χ2v) is 15.0. The molecule has 4 rings (SSSR count). The standard InChI is InChI=1S/C31H42F4OSi/c1-2-3-4-19-37-20-17-24(18-21-37)6-5-23-7-9-25(10-8-23)27-13-16-29(30(32)22-27)26-11-14-28(15-12-26)36-31(33,34)35/h11-16,22-25,37H,2-10,17-21H2,1H3/t23-,24-,25-,37-. The van der Waals surface area contributed by atoms with Crippen LogP contribution >= 0.6 is 0 Å². The first-order chi connectivity index (χ1) is 17.8. The molecule has 0 spiro atoms. The lowest BCUT2D eigenvalue weighted by atomic mass is 9.76. The molecule has 0 amide bonds. The van der Waals surface area contributed by atoms with Gasteiger partial charge in [0.05, 0.1) is 0 Å². The van der Waals surface area contributed by atoms with Crippen LogP contribution in [0.5, 0.6) is 5.75 Å². The summed E-state index contributed by atoms with van der Waals surface area (Å²) >= 11 is 0. The molecule has 1 saturated heterocycles. The minimum atomic E-state index is -4.73. The van der Waals surface area contributed by atoms with Gasteiger partial charge >= 0.3 is 6.36 Å². The maximum Gasteiger partial charge on any atom is 0.573 e. The molecule has 6 heteroatoms. The first kappa shape index (κ1) is 28.2. The van der Waals surface area contributed by atoms with E-state index in [9.17, 15) is 17.6 Å². The second kappa shape index (κ2) is 13.3. The average molecular weight is 535 g/mol. The molecule has 0 unspecified atom stereocenters. The third-order valence-corrected chi connectivity index (χ3v) is 12.4. The van der Waals surface area contributed by atoms with Gasteiger partial charge in [0.25, 0.3) is 0 Å². The molecular formula is C31H42F4OSi. The van der Waals surface area contributed by atoms with Gasteiger partial charge in [0.1, 0.15) is 11.6 Å². The molecule has 2 fully saturated rings. The van der Waals surface area contributed by atoms with Crippen molar-refractivity contribution >= 4 is 8.80 Å². The van der Waals surface area contributed by atoms with Gasteiger partial charge in [0.15, 0.2) is 0 Å². The zero-order valence-corrected chi connectivity index (χ0v) is 23.3. The first-order valence-corrected chi connectivity index (χ1v) is 16.9. The molecule has 204 valence electrons. The van der Waals surface area contributed by atoms with Gasteiger partial charge in [0.2, 0.25) is 0 Å². The van der Waals surface area contributed by atoms with E-state index in [2.05, 4.69) is 11.7 Å². The average Bonchev–Trinajstić information content (AvgIpc) is 2.88. The molecule has 2 aliphatic rings. The molecule has 0 bridgehead atoms. The normalized spacial score (nSPS) is 24.7. The highest BCUT2D eigenvalue weighted by Crippen LogP contribution is 2.40. The molecule has 1 nitrogen and oxygen atoms in total. The van der Waals surface area contributed by atoms with Crippen molar-refractivity contribution in [2.75, 3.05) is 0 Å². The molecular weight excluding hydrogens is 492 g/mol. The van der Waals surface area contributed by atoms with Gasteiger partial charge in [-0.3, -0.25) is 0 Å². The minimum absolute atomic E-state index is 0.304. The van der Waals surface area contributed by atoms with Gasteiger partial charge in [-0.2, -0.15) is 0 Å². The van der Waals surface area contributed by atoms with Crippen LogP contribution in [0.4, 0.5) is 17.6 Å². The van der Waals surface area contributed by atoms with Crippen LogP contribution in [0.1, 0.15) is 89.0 Å². The number of hydrogen-bond acceptors (Lipinski definition) is 1. The van der Waals surface area contributed by atoms with Crippen molar-refractivity contribution in [1.82, 2.24) is 0 Å². The first-order valence-electron chi connectivity index (χ1n) is 14.5. The highest BCUT2D eigenvalue weighted by atomic mass is 28.3. The smallest absolute Gasteiger partial charge is 0.406 e. The maximum absolute atomic E-state index is 15.0. The Labute approximate surface area is 221 Å². The predicted molar refractivity (Wildman–Crippen MR) is 146 cm³/mol. The van der Waals surface area contributed by atoms with Crippen molar-refractivity contribution in [3.8, 4) is 16.9 Å². The summed E-state index contributed by atoms with van der Waals surface area (Å²) < 4.78 is 56.0. The summed E-state index contributed by atoms with van der Waals surface area (Å²) in [5.41, 5.74) is 1.99. The van der Waals surface area contributed by atoms with Crippen molar-refractivity contribution in [3.05, 3.63) is 53.8 Å². The molecule has 0 aromatic heterocycles. The predicted octanol–water partition coefficient (Wildman–Crippen LogP) is 10.3. The Morgan fingerprint density at radius 3 is 2.08 bits per heavy atom. The summed E-state index contributed by atoms with van der Waals surface area (Å²) in [6.45, 7) is 2.30. The quantitative estimate of drug-likeness (QED) is 0.167. The van der Waals surface area contributed by atoms with Crippen LogP contribution < -0.4 is 4.74 Å². The Morgan fingerprint density at radius 2 is 1.49 bits per heavy atom. The van der Waals surface area contributed by atoms with Gasteiger partial charge in [0, 0.05) is 14.4 Å². The fourth-order valence-corrected chi connectivity index (χ4v) is 10.2. The molecule has 37 heavy (non-hydrogen) atoms. The number of hydrogen-bond donors (Lipinski definition) is 0. The number of alkyl halides is 3. The van der Waals surface area contributed by atoms with Gasteiger partial charge in [-0.15, -0.1) is 13.2 Å². The monoisotopic (exact) mass is 534 g/mol. The lowest BCUT2D eigenvalue weighted by molar-refractivity contribution is -0.274. The van der Waals surface area contributed by atoms with E-state index in [0.717, 1.165) is 30.2 Å². The van der Waals surface area contributed by atoms with Crippen molar-refractivity contribution < 1.29 is 22.3 Å². The Kier molecular flexibility index (Phi) is 10.1. The van der Waals surface area contributed by atoms with E-state index in [1.807, 2.05) is 6.07 Å². The van der Waals surface area contributed by atoms with Crippen LogP contribution in [0.3, 0.4) is 0 Å².